The SMILES string of the molecule is CC(C)NC(=O)C(c1ccccc1O)N(C(=O)C(Cc1ccc(O)cc1)NC(=O)OC(C)(C)C)C1CCC1. The predicted octanol–water partition coefficient (Wildman–Crippen LogP) is 4.18. The predicted molar refractivity (Wildman–Crippen MR) is 144 cm³/mol. The highest BCUT2D eigenvalue weighted by Crippen LogP contribution is 2.37. The lowest BCUT2D eigenvalue weighted by Gasteiger charge is -2.44. The molecule has 1 aliphatic carbocycles. The Labute approximate surface area is 224 Å². The number of alkyl carbamates (subject to hydrolysis) is 1. The second-order valence-corrected chi connectivity index (χ2v) is 11.0. The first-order valence-electron chi connectivity index (χ1n) is 13.0. The molecule has 0 aliphatic heterocycles. The standard InChI is InChI=1S/C29H39N3O6/c1-18(2)30-26(35)25(22-11-6-7-12-24(22)34)32(20-9-8-10-20)27(36)23(31-28(37)38-29(3,4)5)17-19-13-15-21(33)16-14-19/h6-7,11-16,18,20,23,25,33-34H,8-10,17H2,1-5H3,(H,30,35)(H,31,37). The quantitative estimate of drug-likeness (QED) is 0.389. The van der Waals surface area contributed by atoms with Crippen LogP contribution in [0.15, 0.2) is 48.5 Å². The fraction of sp³-hybridized carbons (Fsp3) is 0.483. The molecule has 2 aromatic rings. The van der Waals surface area contributed by atoms with Gasteiger partial charge in [0.05, 0.1) is 0 Å². The van der Waals surface area contributed by atoms with E-state index in [9.17, 15) is 24.6 Å². The van der Waals surface area contributed by atoms with Crippen LogP contribution in [0.4, 0.5) is 4.79 Å². The molecule has 9 nitrogen and oxygen atoms in total. The molecule has 4 N–H and O–H groups in total. The van der Waals surface area contributed by atoms with Crippen LogP contribution in [0.1, 0.15) is 71.0 Å². The van der Waals surface area contributed by atoms with Gasteiger partial charge < -0.3 is 30.5 Å². The van der Waals surface area contributed by atoms with E-state index in [2.05, 4.69) is 10.6 Å². The lowest BCUT2D eigenvalue weighted by atomic mass is 9.87. The van der Waals surface area contributed by atoms with Gasteiger partial charge in [-0.25, -0.2) is 4.79 Å². The van der Waals surface area contributed by atoms with Crippen molar-refractivity contribution in [2.75, 3.05) is 0 Å². The molecule has 38 heavy (non-hydrogen) atoms. The number of hydrogen-bond acceptors (Lipinski definition) is 6. The van der Waals surface area contributed by atoms with Gasteiger partial charge in [-0.1, -0.05) is 30.3 Å². The zero-order valence-corrected chi connectivity index (χ0v) is 22.7. The van der Waals surface area contributed by atoms with Crippen molar-refractivity contribution in [3.63, 3.8) is 0 Å². The number of phenolic OH excluding ortho intramolecular Hbond substituents is 2. The molecule has 206 valence electrons. The van der Waals surface area contributed by atoms with Gasteiger partial charge in [0, 0.05) is 24.1 Å². The fourth-order valence-electron chi connectivity index (χ4n) is 4.38. The van der Waals surface area contributed by atoms with E-state index in [4.69, 9.17) is 4.74 Å². The molecule has 1 saturated carbocycles. The summed E-state index contributed by atoms with van der Waals surface area (Å²) < 4.78 is 5.44. The van der Waals surface area contributed by atoms with Gasteiger partial charge in [-0.05, 0) is 77.6 Å². The number of nitrogens with one attached hydrogen (secondary N) is 2. The van der Waals surface area contributed by atoms with E-state index in [-0.39, 0.29) is 30.0 Å². The monoisotopic (exact) mass is 525 g/mol. The minimum atomic E-state index is -1.10. The second kappa shape index (κ2) is 12.2. The molecule has 3 rings (SSSR count). The largest absolute Gasteiger partial charge is 0.508 e. The molecule has 2 atom stereocenters. The summed E-state index contributed by atoms with van der Waals surface area (Å²) in [5.74, 6) is -0.885. The van der Waals surface area contributed by atoms with Gasteiger partial charge in [0.2, 0.25) is 11.8 Å². The van der Waals surface area contributed by atoms with Crippen LogP contribution in [0.25, 0.3) is 0 Å². The number of rotatable bonds is 9. The Morgan fingerprint density at radius 2 is 1.63 bits per heavy atom. The summed E-state index contributed by atoms with van der Waals surface area (Å²) in [5.41, 5.74) is 0.238. The van der Waals surface area contributed by atoms with Gasteiger partial charge in [0.1, 0.15) is 29.2 Å². The summed E-state index contributed by atoms with van der Waals surface area (Å²) in [6.45, 7) is 8.84. The summed E-state index contributed by atoms with van der Waals surface area (Å²) in [5, 5.41) is 26.0. The number of hydrogen-bond donors (Lipinski definition) is 4. The van der Waals surface area contributed by atoms with Gasteiger partial charge in [0.25, 0.3) is 0 Å². The molecule has 2 unspecified atom stereocenters. The average Bonchev–Trinajstić information content (AvgIpc) is 2.77. The molecule has 0 aromatic heterocycles. The number of carbonyl (C=O) groups excluding carboxylic acids is 3. The van der Waals surface area contributed by atoms with Crippen molar-refractivity contribution < 1.29 is 29.3 Å². The van der Waals surface area contributed by atoms with Crippen molar-refractivity contribution in [2.45, 2.75) is 90.1 Å². The average molecular weight is 526 g/mol. The van der Waals surface area contributed by atoms with Gasteiger partial charge in [-0.2, -0.15) is 0 Å². The van der Waals surface area contributed by atoms with E-state index in [1.807, 2.05) is 13.8 Å². The minimum Gasteiger partial charge on any atom is -0.508 e. The van der Waals surface area contributed by atoms with Crippen LogP contribution in [0.2, 0.25) is 0 Å². The van der Waals surface area contributed by atoms with Crippen molar-refractivity contribution >= 4 is 17.9 Å². The lowest BCUT2D eigenvalue weighted by Crippen LogP contribution is -2.58. The maximum atomic E-state index is 14.3. The van der Waals surface area contributed by atoms with E-state index in [1.54, 1.807) is 51.1 Å². The Morgan fingerprint density at radius 1 is 1.00 bits per heavy atom. The summed E-state index contributed by atoms with van der Waals surface area (Å²) in [4.78, 5) is 42.2. The summed E-state index contributed by atoms with van der Waals surface area (Å²) >= 11 is 0. The molecule has 1 aliphatic rings. The van der Waals surface area contributed by atoms with Crippen LogP contribution in [-0.2, 0) is 20.7 Å². The number of phenols is 2. The molecule has 0 spiro atoms. The number of carbonyl (C=O) groups is 3. The van der Waals surface area contributed by atoms with Gasteiger partial charge >= 0.3 is 6.09 Å². The first-order chi connectivity index (χ1) is 17.9. The highest BCUT2D eigenvalue weighted by molar-refractivity contribution is 5.93. The zero-order valence-electron chi connectivity index (χ0n) is 22.7. The van der Waals surface area contributed by atoms with Crippen molar-refractivity contribution in [2.24, 2.45) is 0 Å². The van der Waals surface area contributed by atoms with Crippen LogP contribution in [0.3, 0.4) is 0 Å². The molecular formula is C29H39N3O6. The maximum absolute atomic E-state index is 14.3. The van der Waals surface area contributed by atoms with Crippen LogP contribution in [-0.4, -0.2) is 56.7 Å². The Morgan fingerprint density at radius 3 is 2.16 bits per heavy atom. The molecule has 0 saturated heterocycles. The summed E-state index contributed by atoms with van der Waals surface area (Å²) in [6.07, 6.45) is 1.65. The van der Waals surface area contributed by atoms with Crippen LogP contribution < -0.4 is 10.6 Å². The third-order valence-corrected chi connectivity index (χ3v) is 6.28. The van der Waals surface area contributed by atoms with E-state index < -0.39 is 35.6 Å². The zero-order chi connectivity index (χ0) is 28.0. The molecule has 1 fully saturated rings. The molecule has 0 heterocycles. The highest BCUT2D eigenvalue weighted by Gasteiger charge is 2.43. The fourth-order valence-corrected chi connectivity index (χ4v) is 4.38. The van der Waals surface area contributed by atoms with Crippen molar-refractivity contribution in [1.29, 1.82) is 0 Å². The molecule has 9 heteroatoms. The van der Waals surface area contributed by atoms with Crippen molar-refractivity contribution in [1.82, 2.24) is 15.5 Å². The first-order valence-corrected chi connectivity index (χ1v) is 13.0. The Balaban J connectivity index is 2.04. The smallest absolute Gasteiger partial charge is 0.408 e. The molecule has 0 bridgehead atoms. The summed E-state index contributed by atoms with van der Waals surface area (Å²) in [6, 6.07) is 10.3. The number of amides is 3. The molecule has 3 amide bonds. The number of benzene rings is 2. The molecule has 2 aromatic carbocycles. The molecular weight excluding hydrogens is 486 g/mol. The normalized spacial score (nSPS) is 15.2. The highest BCUT2D eigenvalue weighted by atomic mass is 16.6. The van der Waals surface area contributed by atoms with Crippen molar-refractivity contribution in [3.8, 4) is 11.5 Å². The van der Waals surface area contributed by atoms with Gasteiger partial charge in [0.15, 0.2) is 0 Å². The number of aromatic hydroxyl groups is 2. The first kappa shape index (κ1) is 28.8. The molecule has 0 radical (unpaired) electrons. The minimum absolute atomic E-state index is 0.0813. The summed E-state index contributed by atoms with van der Waals surface area (Å²) in [7, 11) is 0. The number of ether oxygens (including phenoxy) is 1. The van der Waals surface area contributed by atoms with Crippen LogP contribution in [0.5, 0.6) is 11.5 Å². The van der Waals surface area contributed by atoms with E-state index in [0.717, 1.165) is 6.42 Å². The third kappa shape index (κ3) is 7.63. The third-order valence-electron chi connectivity index (χ3n) is 6.28. The lowest BCUT2D eigenvalue weighted by molar-refractivity contribution is -0.147. The van der Waals surface area contributed by atoms with E-state index in [1.165, 1.54) is 23.1 Å². The van der Waals surface area contributed by atoms with Crippen LogP contribution >= 0.6 is 0 Å². The second-order valence-electron chi connectivity index (χ2n) is 11.0. The topological polar surface area (TPSA) is 128 Å². The maximum Gasteiger partial charge on any atom is 0.408 e. The Bertz CT molecular complexity index is 1120. The van der Waals surface area contributed by atoms with Crippen LogP contribution in [0, 0.1) is 0 Å². The van der Waals surface area contributed by atoms with Gasteiger partial charge in [-0.15, -0.1) is 0 Å². The number of para-hydroxylation sites is 1. The Hall–Kier alpha value is -3.75. The Kier molecular flexibility index (Phi) is 9.25. The van der Waals surface area contributed by atoms with E-state index in [0.29, 0.717) is 24.0 Å². The number of nitrogens with zero attached hydrogens (tertiary/aromatic N) is 1. The van der Waals surface area contributed by atoms with Crippen molar-refractivity contribution in [3.05, 3.63) is 59.7 Å². The van der Waals surface area contributed by atoms with E-state index >= 15 is 0 Å². The van der Waals surface area contributed by atoms with Gasteiger partial charge in [-0.3, -0.25) is 9.59 Å².